The van der Waals surface area contributed by atoms with E-state index in [0.717, 1.165) is 0 Å². The highest BCUT2D eigenvalue weighted by Crippen LogP contribution is 2.12. The van der Waals surface area contributed by atoms with E-state index in [1.807, 2.05) is 18.9 Å². The lowest BCUT2D eigenvalue weighted by atomic mass is 10.0. The van der Waals surface area contributed by atoms with Crippen molar-refractivity contribution >= 4 is 5.97 Å². The molecule has 0 bridgehead atoms. The van der Waals surface area contributed by atoms with Crippen LogP contribution in [-0.4, -0.2) is 46.3 Å². The standard InChI is InChI=1S/C10H21NO3/c1-7(9(12)13)8(2)11(5)6-10(3,4)14/h7-8,14H,6H2,1-5H3,(H,12,13). The van der Waals surface area contributed by atoms with Crippen molar-refractivity contribution in [2.75, 3.05) is 13.6 Å². The van der Waals surface area contributed by atoms with Crippen LogP contribution in [0.15, 0.2) is 0 Å². The van der Waals surface area contributed by atoms with E-state index in [4.69, 9.17) is 5.11 Å². The molecular weight excluding hydrogens is 182 g/mol. The van der Waals surface area contributed by atoms with E-state index >= 15 is 0 Å². The number of hydrogen-bond donors (Lipinski definition) is 2. The highest BCUT2D eigenvalue weighted by Gasteiger charge is 2.26. The van der Waals surface area contributed by atoms with Gasteiger partial charge >= 0.3 is 5.97 Å². The second kappa shape index (κ2) is 4.75. The van der Waals surface area contributed by atoms with E-state index in [9.17, 15) is 9.90 Å². The molecule has 14 heavy (non-hydrogen) atoms. The molecule has 0 aliphatic rings. The van der Waals surface area contributed by atoms with Crippen molar-refractivity contribution < 1.29 is 15.0 Å². The summed E-state index contributed by atoms with van der Waals surface area (Å²) in [4.78, 5) is 12.6. The molecule has 0 saturated heterocycles. The molecule has 0 aromatic rings. The molecule has 0 rings (SSSR count). The third kappa shape index (κ3) is 4.58. The molecule has 0 spiro atoms. The maximum Gasteiger partial charge on any atom is 0.307 e. The monoisotopic (exact) mass is 203 g/mol. The number of nitrogens with zero attached hydrogens (tertiary/aromatic N) is 1. The Balaban J connectivity index is 4.25. The van der Waals surface area contributed by atoms with Crippen LogP contribution in [0.25, 0.3) is 0 Å². The van der Waals surface area contributed by atoms with Gasteiger partial charge in [0.2, 0.25) is 0 Å². The molecular formula is C10H21NO3. The fraction of sp³-hybridized carbons (Fsp3) is 0.900. The molecule has 84 valence electrons. The van der Waals surface area contributed by atoms with Gasteiger partial charge in [0.1, 0.15) is 0 Å². The smallest absolute Gasteiger partial charge is 0.307 e. The molecule has 0 aromatic heterocycles. The van der Waals surface area contributed by atoms with Crippen LogP contribution in [0, 0.1) is 5.92 Å². The predicted molar refractivity (Wildman–Crippen MR) is 55.2 cm³/mol. The minimum absolute atomic E-state index is 0.0843. The van der Waals surface area contributed by atoms with Gasteiger partial charge in [0, 0.05) is 12.6 Å². The first kappa shape index (κ1) is 13.4. The zero-order valence-corrected chi connectivity index (χ0v) is 9.61. The van der Waals surface area contributed by atoms with Crippen LogP contribution in [0.1, 0.15) is 27.7 Å². The highest BCUT2D eigenvalue weighted by atomic mass is 16.4. The lowest BCUT2D eigenvalue weighted by Gasteiger charge is -2.32. The van der Waals surface area contributed by atoms with Gasteiger partial charge in [-0.1, -0.05) is 6.92 Å². The number of carboxylic acid groups (broad SMARTS) is 1. The predicted octanol–water partition coefficient (Wildman–Crippen LogP) is 0.798. The van der Waals surface area contributed by atoms with E-state index < -0.39 is 17.5 Å². The van der Waals surface area contributed by atoms with Crippen molar-refractivity contribution in [1.82, 2.24) is 4.90 Å². The largest absolute Gasteiger partial charge is 0.481 e. The summed E-state index contributed by atoms with van der Waals surface area (Å²) in [6.45, 7) is 7.41. The van der Waals surface area contributed by atoms with E-state index in [1.165, 1.54) is 0 Å². The van der Waals surface area contributed by atoms with Crippen LogP contribution in [0.2, 0.25) is 0 Å². The zero-order chi connectivity index (χ0) is 11.5. The lowest BCUT2D eigenvalue weighted by molar-refractivity contribution is -0.143. The maximum absolute atomic E-state index is 10.7. The number of carbonyl (C=O) groups is 1. The minimum atomic E-state index is -0.805. The maximum atomic E-state index is 10.7. The van der Waals surface area contributed by atoms with Crippen LogP contribution in [-0.2, 0) is 4.79 Å². The van der Waals surface area contributed by atoms with Gasteiger partial charge in [-0.2, -0.15) is 0 Å². The molecule has 2 N–H and O–H groups in total. The van der Waals surface area contributed by atoms with E-state index in [1.54, 1.807) is 20.8 Å². The molecule has 4 heteroatoms. The van der Waals surface area contributed by atoms with Gasteiger partial charge in [0.25, 0.3) is 0 Å². The Hall–Kier alpha value is -0.610. The molecule has 0 amide bonds. The summed E-state index contributed by atoms with van der Waals surface area (Å²) in [5.74, 6) is -1.23. The Bertz CT molecular complexity index is 198. The van der Waals surface area contributed by atoms with Crippen molar-refractivity contribution in [3.05, 3.63) is 0 Å². The second-order valence-electron chi connectivity index (χ2n) is 4.60. The molecule has 2 atom stereocenters. The van der Waals surface area contributed by atoms with E-state index in [-0.39, 0.29) is 6.04 Å². The molecule has 0 aliphatic heterocycles. The summed E-state index contributed by atoms with van der Waals surface area (Å²) in [5.41, 5.74) is -0.790. The van der Waals surface area contributed by atoms with Crippen molar-refractivity contribution in [3.63, 3.8) is 0 Å². The molecule has 0 aliphatic carbocycles. The summed E-state index contributed by atoms with van der Waals surface area (Å²) < 4.78 is 0. The number of aliphatic carboxylic acids is 1. The Morgan fingerprint density at radius 3 is 2.14 bits per heavy atom. The number of rotatable bonds is 5. The zero-order valence-electron chi connectivity index (χ0n) is 9.61. The van der Waals surface area contributed by atoms with Gasteiger partial charge in [-0.25, -0.2) is 0 Å². The van der Waals surface area contributed by atoms with Crippen molar-refractivity contribution in [2.24, 2.45) is 5.92 Å². The quantitative estimate of drug-likeness (QED) is 0.694. The fourth-order valence-corrected chi connectivity index (χ4v) is 1.34. The Morgan fingerprint density at radius 2 is 1.86 bits per heavy atom. The van der Waals surface area contributed by atoms with Crippen LogP contribution >= 0.6 is 0 Å². The second-order valence-corrected chi connectivity index (χ2v) is 4.60. The Morgan fingerprint density at radius 1 is 1.43 bits per heavy atom. The molecule has 0 aromatic carbocycles. The summed E-state index contributed by atoms with van der Waals surface area (Å²) >= 11 is 0. The first-order valence-corrected chi connectivity index (χ1v) is 4.80. The summed E-state index contributed by atoms with van der Waals surface area (Å²) in [6.07, 6.45) is 0. The van der Waals surface area contributed by atoms with Gasteiger partial charge in [-0.3, -0.25) is 4.79 Å². The minimum Gasteiger partial charge on any atom is -0.481 e. The summed E-state index contributed by atoms with van der Waals surface area (Å²) in [6, 6.07) is -0.0843. The number of likely N-dealkylation sites (N-methyl/N-ethyl adjacent to an activating group) is 1. The SMILES string of the molecule is CC(C(=O)O)C(C)N(C)CC(C)(C)O. The van der Waals surface area contributed by atoms with Crippen molar-refractivity contribution in [3.8, 4) is 0 Å². The normalized spacial score (nSPS) is 16.8. The van der Waals surface area contributed by atoms with Gasteiger partial charge in [-0.05, 0) is 27.8 Å². The molecule has 0 radical (unpaired) electrons. The molecule has 4 nitrogen and oxygen atoms in total. The molecule has 0 saturated carbocycles. The Kier molecular flexibility index (Phi) is 4.55. The summed E-state index contributed by atoms with van der Waals surface area (Å²) in [5, 5.41) is 18.4. The fourth-order valence-electron chi connectivity index (χ4n) is 1.34. The average molecular weight is 203 g/mol. The highest BCUT2D eigenvalue weighted by molar-refractivity contribution is 5.70. The third-order valence-electron chi connectivity index (χ3n) is 2.44. The van der Waals surface area contributed by atoms with Gasteiger partial charge < -0.3 is 15.1 Å². The first-order chi connectivity index (χ1) is 6.15. The van der Waals surface area contributed by atoms with Gasteiger partial charge in [0.05, 0.1) is 11.5 Å². The van der Waals surface area contributed by atoms with Crippen LogP contribution in [0.3, 0.4) is 0 Å². The van der Waals surface area contributed by atoms with Crippen LogP contribution in [0.5, 0.6) is 0 Å². The first-order valence-electron chi connectivity index (χ1n) is 4.80. The number of carboxylic acids is 1. The molecule has 0 fully saturated rings. The van der Waals surface area contributed by atoms with Gasteiger partial charge in [-0.15, -0.1) is 0 Å². The van der Waals surface area contributed by atoms with E-state index in [2.05, 4.69) is 0 Å². The topological polar surface area (TPSA) is 60.8 Å². The van der Waals surface area contributed by atoms with Crippen molar-refractivity contribution in [2.45, 2.75) is 39.3 Å². The van der Waals surface area contributed by atoms with Gasteiger partial charge in [0.15, 0.2) is 0 Å². The number of aliphatic hydroxyl groups is 1. The Labute approximate surface area is 85.5 Å². The van der Waals surface area contributed by atoms with E-state index in [0.29, 0.717) is 6.54 Å². The average Bonchev–Trinajstić information content (AvgIpc) is 1.98. The van der Waals surface area contributed by atoms with Crippen LogP contribution in [0.4, 0.5) is 0 Å². The van der Waals surface area contributed by atoms with Crippen LogP contribution < -0.4 is 0 Å². The molecule has 2 unspecified atom stereocenters. The lowest BCUT2D eigenvalue weighted by Crippen LogP contribution is -2.45. The third-order valence-corrected chi connectivity index (χ3v) is 2.44. The number of hydrogen-bond acceptors (Lipinski definition) is 3. The molecule has 0 heterocycles. The van der Waals surface area contributed by atoms with Crippen molar-refractivity contribution in [1.29, 1.82) is 0 Å². The summed E-state index contributed by atoms with van der Waals surface area (Å²) in [7, 11) is 1.82.